The molecule has 4 atom stereocenters. The molecule has 1 aromatic heterocycles. The first-order valence-corrected chi connectivity index (χ1v) is 13.8. The van der Waals surface area contributed by atoms with Gasteiger partial charge in [-0.1, -0.05) is 17.7 Å². The quantitative estimate of drug-likeness (QED) is 0.644. The molecule has 2 heterocycles. The molecule has 4 unspecified atom stereocenters. The molecule has 1 aliphatic heterocycles. The topological polar surface area (TPSA) is 61.8 Å². The third-order valence-corrected chi connectivity index (χ3v) is 9.66. The third kappa shape index (κ3) is 4.18. The van der Waals surface area contributed by atoms with Crippen LogP contribution in [0.1, 0.15) is 68.2 Å². The number of ether oxygens (including phenoxy) is 1. The van der Waals surface area contributed by atoms with Gasteiger partial charge in [-0.25, -0.2) is 0 Å². The van der Waals surface area contributed by atoms with Crippen LogP contribution in [0.2, 0.25) is 0 Å². The van der Waals surface area contributed by atoms with Crippen LogP contribution < -0.4 is 10.1 Å². The van der Waals surface area contributed by atoms with Gasteiger partial charge in [0.15, 0.2) is 0 Å². The third-order valence-electron chi connectivity index (χ3n) is 8.96. The molecule has 4 fully saturated rings. The fraction of sp³-hybridized carbons (Fsp3) is 0.607. The number of benzene rings is 1. The van der Waals surface area contributed by atoms with E-state index >= 15 is 0 Å². The molecule has 0 saturated heterocycles. The van der Waals surface area contributed by atoms with Gasteiger partial charge in [0.05, 0.1) is 12.1 Å². The van der Waals surface area contributed by atoms with Crippen LogP contribution in [-0.2, 0) is 11.3 Å². The van der Waals surface area contributed by atoms with Crippen molar-refractivity contribution < 1.29 is 14.6 Å². The van der Waals surface area contributed by atoms with Crippen molar-refractivity contribution in [2.45, 2.75) is 76.7 Å². The Morgan fingerprint density at radius 1 is 1.26 bits per heavy atom. The summed E-state index contributed by atoms with van der Waals surface area (Å²) in [4.78, 5) is 15.5. The summed E-state index contributed by atoms with van der Waals surface area (Å²) in [5.41, 5.74) is 3.06. The zero-order chi connectivity index (χ0) is 23.5. The van der Waals surface area contributed by atoms with Gasteiger partial charge in [-0.05, 0) is 92.5 Å². The molecule has 0 radical (unpaired) electrons. The Hall–Kier alpha value is -1.89. The Kier molecular flexibility index (Phi) is 5.54. The number of thiophene rings is 1. The largest absolute Gasteiger partial charge is 0.484 e. The van der Waals surface area contributed by atoms with Gasteiger partial charge in [-0.3, -0.25) is 9.69 Å². The van der Waals surface area contributed by atoms with Crippen LogP contribution in [0.4, 0.5) is 0 Å². The van der Waals surface area contributed by atoms with Gasteiger partial charge in [0.25, 0.3) is 0 Å². The zero-order valence-corrected chi connectivity index (χ0v) is 21.1. The number of carbonyl (C=O) groups excluding carboxylic acids is 1. The van der Waals surface area contributed by atoms with Gasteiger partial charge in [-0.15, -0.1) is 0 Å². The highest BCUT2D eigenvalue weighted by Crippen LogP contribution is 2.62. The summed E-state index contributed by atoms with van der Waals surface area (Å²) in [6.45, 7) is 6.01. The second-order valence-corrected chi connectivity index (χ2v) is 12.6. The normalized spacial score (nSPS) is 35.3. The monoisotopic (exact) mass is 480 g/mol. The molecule has 182 valence electrons. The summed E-state index contributed by atoms with van der Waals surface area (Å²) >= 11 is 1.68. The Balaban J connectivity index is 1.17. The van der Waals surface area contributed by atoms with E-state index in [4.69, 9.17) is 4.74 Å². The SMILES string of the molecule is Cc1ccc2c(c1)CN(CC(=O)NC(C)C13CC4CC(CC(O)(C4)C1)C3)CC(c1ccsc1)O2. The van der Waals surface area contributed by atoms with E-state index in [0.29, 0.717) is 31.5 Å². The van der Waals surface area contributed by atoms with Crippen LogP contribution >= 0.6 is 11.3 Å². The van der Waals surface area contributed by atoms with Gasteiger partial charge < -0.3 is 15.2 Å². The summed E-state index contributed by atoms with van der Waals surface area (Å²) in [6, 6.07) is 8.53. The summed E-state index contributed by atoms with van der Waals surface area (Å²) in [5.74, 6) is 2.24. The van der Waals surface area contributed by atoms with Gasteiger partial charge in [0.1, 0.15) is 11.9 Å². The van der Waals surface area contributed by atoms with Crippen molar-refractivity contribution in [2.75, 3.05) is 13.1 Å². The minimum absolute atomic E-state index is 0.0549. The lowest BCUT2D eigenvalue weighted by Gasteiger charge is -2.62. The molecule has 4 aliphatic carbocycles. The van der Waals surface area contributed by atoms with Crippen LogP contribution in [0, 0.1) is 24.2 Å². The molecule has 0 spiro atoms. The number of nitrogens with zero attached hydrogens (tertiary/aromatic N) is 1. The predicted octanol–water partition coefficient (Wildman–Crippen LogP) is 4.83. The van der Waals surface area contributed by atoms with Crippen molar-refractivity contribution in [3.63, 3.8) is 0 Å². The minimum atomic E-state index is -0.499. The average molecular weight is 481 g/mol. The van der Waals surface area contributed by atoms with E-state index in [1.165, 1.54) is 17.5 Å². The molecule has 2 N–H and O–H groups in total. The van der Waals surface area contributed by atoms with E-state index in [1.807, 2.05) is 0 Å². The van der Waals surface area contributed by atoms with Gasteiger partial charge in [-0.2, -0.15) is 11.3 Å². The average Bonchev–Trinajstić information content (AvgIpc) is 3.22. The fourth-order valence-corrected chi connectivity index (χ4v) is 8.57. The van der Waals surface area contributed by atoms with Crippen molar-refractivity contribution >= 4 is 17.2 Å². The fourth-order valence-electron chi connectivity index (χ4n) is 7.86. The molecule has 34 heavy (non-hydrogen) atoms. The maximum absolute atomic E-state index is 13.3. The second kappa shape index (κ2) is 8.35. The summed E-state index contributed by atoms with van der Waals surface area (Å²) in [6.07, 6.45) is 6.25. The molecule has 1 amide bonds. The van der Waals surface area contributed by atoms with E-state index in [2.05, 4.69) is 59.1 Å². The first-order valence-electron chi connectivity index (χ1n) is 12.8. The number of nitrogens with one attached hydrogen (secondary N) is 1. The lowest BCUT2D eigenvalue weighted by Crippen LogP contribution is -2.62. The maximum Gasteiger partial charge on any atom is 0.234 e. The van der Waals surface area contributed by atoms with Crippen LogP contribution in [0.25, 0.3) is 0 Å². The summed E-state index contributed by atoms with van der Waals surface area (Å²) in [7, 11) is 0. The highest BCUT2D eigenvalue weighted by molar-refractivity contribution is 7.07. The van der Waals surface area contributed by atoms with E-state index in [9.17, 15) is 9.90 Å². The van der Waals surface area contributed by atoms with Crippen LogP contribution in [-0.4, -0.2) is 40.6 Å². The second-order valence-electron chi connectivity index (χ2n) is 11.8. The molecule has 2 aromatic rings. The number of rotatable bonds is 5. The Labute approximate surface area is 206 Å². The van der Waals surface area contributed by atoms with Crippen LogP contribution in [0.3, 0.4) is 0 Å². The number of aliphatic hydroxyl groups is 1. The highest BCUT2D eigenvalue weighted by atomic mass is 32.1. The molecule has 1 aromatic carbocycles. The molecule has 5 nitrogen and oxygen atoms in total. The molecule has 4 saturated carbocycles. The standard InChI is InChI=1S/C28H36N2O3S/c1-18-3-4-24-23(7-18)13-30(14-25(33-24)22-5-6-34-16-22)15-26(31)29-19(2)27-9-20-8-21(10-27)12-28(32,11-20)17-27/h3-7,16,19-21,25,32H,8-15,17H2,1-2H3,(H,29,31). The number of fused-ring (bicyclic) bond motifs is 1. The van der Waals surface area contributed by atoms with E-state index < -0.39 is 5.60 Å². The number of amides is 1. The molecular formula is C28H36N2O3S. The van der Waals surface area contributed by atoms with E-state index in [-0.39, 0.29) is 23.5 Å². The van der Waals surface area contributed by atoms with Crippen molar-refractivity contribution in [1.29, 1.82) is 0 Å². The van der Waals surface area contributed by atoms with Crippen LogP contribution in [0.5, 0.6) is 5.75 Å². The van der Waals surface area contributed by atoms with E-state index in [1.54, 1.807) is 11.3 Å². The molecule has 4 bridgehead atoms. The number of carbonyl (C=O) groups is 1. The molecular weight excluding hydrogens is 444 g/mol. The minimum Gasteiger partial charge on any atom is -0.484 e. The Morgan fingerprint density at radius 3 is 2.76 bits per heavy atom. The van der Waals surface area contributed by atoms with Crippen molar-refractivity contribution in [3.05, 3.63) is 51.7 Å². The number of aryl methyl sites for hydroxylation is 1. The Morgan fingerprint density at radius 2 is 2.06 bits per heavy atom. The van der Waals surface area contributed by atoms with E-state index in [0.717, 1.165) is 43.4 Å². The molecule has 7 rings (SSSR count). The predicted molar refractivity (Wildman–Crippen MR) is 134 cm³/mol. The van der Waals surface area contributed by atoms with Crippen LogP contribution in [0.15, 0.2) is 35.0 Å². The van der Waals surface area contributed by atoms with Gasteiger partial charge in [0, 0.05) is 30.3 Å². The molecule has 6 heteroatoms. The zero-order valence-electron chi connectivity index (χ0n) is 20.3. The van der Waals surface area contributed by atoms with Gasteiger partial charge >= 0.3 is 0 Å². The summed E-state index contributed by atoms with van der Waals surface area (Å²) < 4.78 is 6.43. The van der Waals surface area contributed by atoms with Crippen molar-refractivity contribution in [3.8, 4) is 5.75 Å². The van der Waals surface area contributed by atoms with Crippen molar-refractivity contribution in [2.24, 2.45) is 17.3 Å². The number of hydrogen-bond donors (Lipinski definition) is 2. The number of hydrogen-bond acceptors (Lipinski definition) is 5. The van der Waals surface area contributed by atoms with Gasteiger partial charge in [0.2, 0.25) is 5.91 Å². The van der Waals surface area contributed by atoms with Crippen molar-refractivity contribution in [1.82, 2.24) is 10.2 Å². The lowest BCUT2D eigenvalue weighted by molar-refractivity contribution is -0.173. The maximum atomic E-state index is 13.3. The Bertz CT molecular complexity index is 1050. The smallest absolute Gasteiger partial charge is 0.234 e. The first kappa shape index (κ1) is 22.6. The molecule has 5 aliphatic rings. The first-order chi connectivity index (χ1) is 16.3. The summed E-state index contributed by atoms with van der Waals surface area (Å²) in [5, 5.41) is 18.7. The highest BCUT2D eigenvalue weighted by Gasteiger charge is 2.59. The lowest BCUT2D eigenvalue weighted by atomic mass is 9.46.